The van der Waals surface area contributed by atoms with E-state index < -0.39 is 0 Å². The summed E-state index contributed by atoms with van der Waals surface area (Å²) < 4.78 is 1.49. The lowest BCUT2D eigenvalue weighted by Gasteiger charge is -2.25. The summed E-state index contributed by atoms with van der Waals surface area (Å²) >= 11 is 1.98. The minimum atomic E-state index is 0.106. The zero-order valence-electron chi connectivity index (χ0n) is 12.2. The number of rotatable bonds is 0. The minimum Gasteiger partial charge on any atom is -0.135 e. The molecular formula is C19H18S. The van der Waals surface area contributed by atoms with E-state index in [2.05, 4.69) is 63.3 Å². The first-order valence-electron chi connectivity index (χ1n) is 7.20. The second kappa shape index (κ2) is 3.95. The Morgan fingerprint density at radius 1 is 1.15 bits per heavy atom. The van der Waals surface area contributed by atoms with Crippen LogP contribution in [0.15, 0.2) is 36.4 Å². The quantitative estimate of drug-likeness (QED) is 0.578. The Hall–Kier alpha value is -1.60. The van der Waals surface area contributed by atoms with Gasteiger partial charge < -0.3 is 0 Å². The summed E-state index contributed by atoms with van der Waals surface area (Å²) in [6, 6.07) is 4.67. The van der Waals surface area contributed by atoms with Crippen LogP contribution >= 0.6 is 11.3 Å². The molecule has 0 N–H and O–H groups in total. The predicted octanol–water partition coefficient (Wildman–Crippen LogP) is 5.72. The molecule has 2 aliphatic rings. The Labute approximate surface area is 124 Å². The number of allylic oxidation sites excluding steroid dienone is 5. The normalized spacial score (nSPS) is 22.1. The molecule has 0 aliphatic heterocycles. The SMILES string of the molecule is CC1=Cc2c1sc1c3c(ccc21)C(C)(C)/C=C\C=C/C3. The van der Waals surface area contributed by atoms with Crippen molar-refractivity contribution in [3.05, 3.63) is 58.0 Å². The van der Waals surface area contributed by atoms with Gasteiger partial charge in [0.2, 0.25) is 0 Å². The Balaban J connectivity index is 2.04. The van der Waals surface area contributed by atoms with Gasteiger partial charge in [-0.15, -0.1) is 11.3 Å². The molecule has 1 aromatic heterocycles. The van der Waals surface area contributed by atoms with Crippen molar-refractivity contribution < 1.29 is 0 Å². The van der Waals surface area contributed by atoms with E-state index in [-0.39, 0.29) is 5.41 Å². The third kappa shape index (κ3) is 1.53. The maximum atomic E-state index is 2.34. The number of hydrogen-bond acceptors (Lipinski definition) is 1. The highest BCUT2D eigenvalue weighted by atomic mass is 32.1. The number of thiophene rings is 1. The fourth-order valence-corrected chi connectivity index (χ4v) is 4.64. The standard InChI is InChI=1S/C19H18S/c1-12-11-15-13-8-9-16-14(18(13)20-17(12)15)7-5-4-6-10-19(16,2)3/h4-6,8-11H,7H2,1-3H3/b5-4-,10-6-. The highest BCUT2D eigenvalue weighted by Gasteiger charge is 2.26. The average molecular weight is 278 g/mol. The molecule has 0 unspecified atom stereocenters. The van der Waals surface area contributed by atoms with Gasteiger partial charge in [-0.2, -0.15) is 0 Å². The highest BCUT2D eigenvalue weighted by molar-refractivity contribution is 7.21. The van der Waals surface area contributed by atoms with E-state index in [1.807, 2.05) is 11.3 Å². The third-order valence-electron chi connectivity index (χ3n) is 4.49. The fourth-order valence-electron chi connectivity index (χ4n) is 3.33. The van der Waals surface area contributed by atoms with Gasteiger partial charge in [0.25, 0.3) is 0 Å². The van der Waals surface area contributed by atoms with Crippen LogP contribution < -0.4 is 0 Å². The molecule has 1 heteroatoms. The molecule has 0 fully saturated rings. The summed E-state index contributed by atoms with van der Waals surface area (Å²) in [7, 11) is 0. The van der Waals surface area contributed by atoms with Crippen molar-refractivity contribution in [1.82, 2.24) is 0 Å². The van der Waals surface area contributed by atoms with Crippen LogP contribution in [0.4, 0.5) is 0 Å². The van der Waals surface area contributed by atoms with Crippen molar-refractivity contribution in [3.8, 4) is 0 Å². The highest BCUT2D eigenvalue weighted by Crippen LogP contribution is 2.47. The van der Waals surface area contributed by atoms with Crippen LogP contribution in [-0.4, -0.2) is 0 Å². The van der Waals surface area contributed by atoms with E-state index in [9.17, 15) is 0 Å². The van der Waals surface area contributed by atoms with Crippen LogP contribution in [-0.2, 0) is 11.8 Å². The molecule has 0 radical (unpaired) electrons. The number of fused-ring (bicyclic) bond motifs is 5. The molecule has 4 rings (SSSR count). The maximum Gasteiger partial charge on any atom is 0.0393 e. The molecule has 2 aliphatic carbocycles. The molecule has 0 saturated heterocycles. The first kappa shape index (κ1) is 12.2. The van der Waals surface area contributed by atoms with Gasteiger partial charge in [-0.25, -0.2) is 0 Å². The first-order valence-corrected chi connectivity index (χ1v) is 8.01. The Kier molecular flexibility index (Phi) is 2.41. The van der Waals surface area contributed by atoms with Crippen LogP contribution in [0.25, 0.3) is 21.7 Å². The number of benzene rings is 1. The van der Waals surface area contributed by atoms with E-state index in [0.29, 0.717) is 0 Å². The fraction of sp³-hybridized carbons (Fsp3) is 0.263. The lowest BCUT2D eigenvalue weighted by molar-refractivity contribution is 0.663. The van der Waals surface area contributed by atoms with Crippen LogP contribution in [0.2, 0.25) is 0 Å². The zero-order valence-corrected chi connectivity index (χ0v) is 13.0. The van der Waals surface area contributed by atoms with Crippen LogP contribution in [0.3, 0.4) is 0 Å². The van der Waals surface area contributed by atoms with Gasteiger partial charge in [0.1, 0.15) is 0 Å². The summed E-state index contributed by atoms with van der Waals surface area (Å²) in [5.41, 5.74) is 6.01. The molecule has 0 spiro atoms. The van der Waals surface area contributed by atoms with Crippen molar-refractivity contribution in [2.75, 3.05) is 0 Å². The second-order valence-electron chi connectivity index (χ2n) is 6.35. The first-order chi connectivity index (χ1) is 9.58. The van der Waals surface area contributed by atoms with Crippen LogP contribution in [0.5, 0.6) is 0 Å². The minimum absolute atomic E-state index is 0.106. The van der Waals surface area contributed by atoms with Crippen molar-refractivity contribution in [1.29, 1.82) is 0 Å². The van der Waals surface area contributed by atoms with Gasteiger partial charge in [-0.3, -0.25) is 0 Å². The average Bonchev–Trinajstić information content (AvgIpc) is 2.69. The van der Waals surface area contributed by atoms with Gasteiger partial charge in [0, 0.05) is 25.9 Å². The van der Waals surface area contributed by atoms with E-state index in [1.165, 1.54) is 37.2 Å². The summed E-state index contributed by atoms with van der Waals surface area (Å²) in [6.07, 6.45) is 12.3. The molecule has 0 nitrogen and oxygen atoms in total. The van der Waals surface area contributed by atoms with Gasteiger partial charge in [-0.05, 0) is 36.1 Å². The largest absolute Gasteiger partial charge is 0.135 e. The molecule has 1 aromatic carbocycles. The Bertz CT molecular complexity index is 810. The molecule has 0 atom stereocenters. The molecule has 0 saturated carbocycles. The van der Waals surface area contributed by atoms with Gasteiger partial charge in [0.05, 0.1) is 0 Å². The van der Waals surface area contributed by atoms with E-state index in [1.54, 1.807) is 0 Å². The van der Waals surface area contributed by atoms with Gasteiger partial charge in [0.15, 0.2) is 0 Å². The topological polar surface area (TPSA) is 0 Å². The lowest BCUT2D eigenvalue weighted by Crippen LogP contribution is -2.16. The lowest BCUT2D eigenvalue weighted by atomic mass is 9.79. The van der Waals surface area contributed by atoms with Crippen LogP contribution in [0.1, 0.15) is 42.3 Å². The smallest absolute Gasteiger partial charge is 0.0393 e. The molecule has 2 aromatic rings. The maximum absolute atomic E-state index is 2.34. The van der Waals surface area contributed by atoms with Gasteiger partial charge >= 0.3 is 0 Å². The third-order valence-corrected chi connectivity index (χ3v) is 5.91. The van der Waals surface area contributed by atoms with Crippen molar-refractivity contribution in [3.63, 3.8) is 0 Å². The molecule has 100 valence electrons. The summed E-state index contributed by atoms with van der Waals surface area (Å²) in [5.74, 6) is 0. The second-order valence-corrected chi connectivity index (χ2v) is 7.37. The molecule has 0 bridgehead atoms. The molecule has 1 heterocycles. The van der Waals surface area contributed by atoms with Gasteiger partial charge in [-0.1, -0.05) is 50.3 Å². The van der Waals surface area contributed by atoms with Crippen molar-refractivity contribution in [2.45, 2.75) is 32.6 Å². The summed E-state index contributed by atoms with van der Waals surface area (Å²) in [5, 5.41) is 1.45. The van der Waals surface area contributed by atoms with Crippen molar-refractivity contribution >= 4 is 33.1 Å². The zero-order chi connectivity index (χ0) is 13.9. The Morgan fingerprint density at radius 3 is 2.80 bits per heavy atom. The summed E-state index contributed by atoms with van der Waals surface area (Å²) in [6.45, 7) is 6.84. The van der Waals surface area contributed by atoms with Crippen LogP contribution in [0, 0.1) is 0 Å². The summed E-state index contributed by atoms with van der Waals surface area (Å²) in [4.78, 5) is 1.49. The van der Waals surface area contributed by atoms with E-state index in [4.69, 9.17) is 0 Å². The molecule has 0 amide bonds. The monoisotopic (exact) mass is 278 g/mol. The number of hydrogen-bond donors (Lipinski definition) is 0. The van der Waals surface area contributed by atoms with E-state index in [0.717, 1.165) is 6.42 Å². The van der Waals surface area contributed by atoms with Crippen molar-refractivity contribution in [2.24, 2.45) is 0 Å². The van der Waals surface area contributed by atoms with E-state index >= 15 is 0 Å². The predicted molar refractivity (Wildman–Crippen MR) is 90.4 cm³/mol. The Morgan fingerprint density at radius 2 is 2.00 bits per heavy atom. The molecule has 20 heavy (non-hydrogen) atoms. The molecular weight excluding hydrogens is 260 g/mol.